The van der Waals surface area contributed by atoms with E-state index in [0.29, 0.717) is 11.8 Å². The third-order valence-electron chi connectivity index (χ3n) is 2.38. The van der Waals surface area contributed by atoms with E-state index in [1.165, 1.54) is 6.42 Å². The van der Waals surface area contributed by atoms with E-state index in [-0.39, 0.29) is 24.0 Å². The second-order valence-electron chi connectivity index (χ2n) is 2.91. The van der Waals surface area contributed by atoms with Crippen molar-refractivity contribution >= 4 is 29.8 Å². The Hall–Kier alpha value is 0.360. The molecule has 58 valence electrons. The van der Waals surface area contributed by atoms with Crippen LogP contribution in [-0.2, 0) is 4.79 Å². The molecule has 0 aromatic heterocycles. The zero-order valence-electron chi connectivity index (χ0n) is 5.88. The van der Waals surface area contributed by atoms with Crippen LogP contribution < -0.4 is 0 Å². The second-order valence-corrected chi connectivity index (χ2v) is 2.91. The first-order chi connectivity index (χ1) is 4.38. The minimum Gasteiger partial charge on any atom is -0.298 e. The number of ketones is 1. The highest BCUT2D eigenvalue weighted by Crippen LogP contribution is 2.24. The van der Waals surface area contributed by atoms with Gasteiger partial charge in [-0.2, -0.15) is 0 Å². The zero-order chi connectivity index (χ0) is 6.27. The van der Waals surface area contributed by atoms with Gasteiger partial charge in [0.25, 0.3) is 0 Å². The first-order valence-electron chi connectivity index (χ1n) is 3.65. The molecule has 1 unspecified atom stereocenters. The predicted octanol–water partition coefficient (Wildman–Crippen LogP) is 1.04. The summed E-state index contributed by atoms with van der Waals surface area (Å²) in [6.45, 7) is 2.19. The maximum Gasteiger partial charge on any atom is 0.151 e. The average molecular weight is 253 g/mol. The molecule has 0 aromatic carbocycles. The molecule has 2 saturated heterocycles. The fourth-order valence-electron chi connectivity index (χ4n) is 1.88. The quantitative estimate of drug-likeness (QED) is 0.601. The second kappa shape index (κ2) is 3.17. The number of halogens is 1. The maximum atomic E-state index is 11.0. The van der Waals surface area contributed by atoms with Gasteiger partial charge in [0.15, 0.2) is 5.78 Å². The van der Waals surface area contributed by atoms with Crippen LogP contribution in [0.25, 0.3) is 0 Å². The van der Waals surface area contributed by atoms with Crippen LogP contribution in [0.15, 0.2) is 0 Å². The Morgan fingerprint density at radius 3 is 2.90 bits per heavy atom. The molecule has 2 nitrogen and oxygen atoms in total. The van der Waals surface area contributed by atoms with Gasteiger partial charge in [-0.3, -0.25) is 9.69 Å². The summed E-state index contributed by atoms with van der Waals surface area (Å²) >= 11 is 0. The van der Waals surface area contributed by atoms with Crippen molar-refractivity contribution in [3.63, 3.8) is 0 Å². The summed E-state index contributed by atoms with van der Waals surface area (Å²) in [4.78, 5) is 13.3. The van der Waals surface area contributed by atoms with E-state index in [1.807, 2.05) is 0 Å². The molecule has 0 spiro atoms. The summed E-state index contributed by atoms with van der Waals surface area (Å²) in [5, 5.41) is 0. The molecule has 0 aromatic rings. The molecule has 0 radical (unpaired) electrons. The average Bonchev–Trinajstić information content (AvgIpc) is 2.35. The third kappa shape index (κ3) is 1.21. The number of carbonyl (C=O) groups excluding carboxylic acids is 1. The molecule has 2 rings (SSSR count). The number of fused-ring (bicyclic) bond motifs is 1. The van der Waals surface area contributed by atoms with E-state index in [4.69, 9.17) is 0 Å². The van der Waals surface area contributed by atoms with E-state index in [9.17, 15) is 4.79 Å². The first-order valence-corrected chi connectivity index (χ1v) is 3.65. The number of nitrogens with zero attached hydrogens (tertiary/aromatic N) is 1. The van der Waals surface area contributed by atoms with Gasteiger partial charge in [-0.1, -0.05) is 0 Å². The van der Waals surface area contributed by atoms with Gasteiger partial charge in [0.1, 0.15) is 0 Å². The van der Waals surface area contributed by atoms with Crippen LogP contribution in [0.3, 0.4) is 0 Å². The summed E-state index contributed by atoms with van der Waals surface area (Å²) in [7, 11) is 0. The monoisotopic (exact) mass is 253 g/mol. The highest BCUT2D eigenvalue weighted by atomic mass is 127. The summed E-state index contributed by atoms with van der Waals surface area (Å²) < 4.78 is 0. The summed E-state index contributed by atoms with van der Waals surface area (Å²) in [6.07, 6.45) is 3.17. The topological polar surface area (TPSA) is 20.3 Å². The van der Waals surface area contributed by atoms with Crippen LogP contribution in [0.2, 0.25) is 0 Å². The van der Waals surface area contributed by atoms with Gasteiger partial charge >= 0.3 is 0 Å². The minimum atomic E-state index is 0. The Bertz CT molecular complexity index is 149. The number of Topliss-reactive ketones (excluding diaryl/α,β-unsaturated/α-hetero) is 1. The molecule has 0 amide bonds. The Kier molecular flexibility index (Phi) is 2.68. The fraction of sp³-hybridized carbons (Fsp3) is 0.857. The third-order valence-corrected chi connectivity index (χ3v) is 2.38. The summed E-state index contributed by atoms with van der Waals surface area (Å²) in [6, 6.07) is 0.338. The van der Waals surface area contributed by atoms with Crippen LogP contribution in [0, 0.1) is 0 Å². The summed E-state index contributed by atoms with van der Waals surface area (Å²) in [5.41, 5.74) is 0. The van der Waals surface area contributed by atoms with E-state index in [0.717, 1.165) is 25.9 Å². The molecule has 1 atom stereocenters. The largest absolute Gasteiger partial charge is 0.298 e. The van der Waals surface area contributed by atoms with Crippen molar-refractivity contribution in [2.24, 2.45) is 0 Å². The van der Waals surface area contributed by atoms with E-state index in [1.54, 1.807) is 0 Å². The Balaban J connectivity index is 0.000000500. The minimum absolute atomic E-state index is 0. The maximum absolute atomic E-state index is 11.0. The van der Waals surface area contributed by atoms with Crippen LogP contribution in [-0.4, -0.2) is 29.8 Å². The molecular formula is C7H12INO. The molecule has 3 heteroatoms. The van der Waals surface area contributed by atoms with Gasteiger partial charge in [0, 0.05) is 13.0 Å². The molecule has 2 fully saturated rings. The van der Waals surface area contributed by atoms with Gasteiger partial charge in [0.05, 0.1) is 6.04 Å². The van der Waals surface area contributed by atoms with Gasteiger partial charge in [-0.05, 0) is 19.4 Å². The normalized spacial score (nSPS) is 32.0. The van der Waals surface area contributed by atoms with Gasteiger partial charge in [-0.15, -0.1) is 24.0 Å². The van der Waals surface area contributed by atoms with Crippen LogP contribution in [0.4, 0.5) is 0 Å². The van der Waals surface area contributed by atoms with E-state index < -0.39 is 0 Å². The smallest absolute Gasteiger partial charge is 0.151 e. The SMILES string of the molecule is I.O=C1CCN2CCCC12. The predicted molar refractivity (Wildman–Crippen MR) is 49.6 cm³/mol. The molecule has 0 saturated carbocycles. The van der Waals surface area contributed by atoms with Crippen molar-refractivity contribution in [2.75, 3.05) is 13.1 Å². The fourth-order valence-corrected chi connectivity index (χ4v) is 1.88. The van der Waals surface area contributed by atoms with E-state index >= 15 is 0 Å². The van der Waals surface area contributed by atoms with Crippen molar-refractivity contribution in [1.29, 1.82) is 0 Å². The Labute approximate surface area is 78.0 Å². The highest BCUT2D eigenvalue weighted by molar-refractivity contribution is 14.0. The van der Waals surface area contributed by atoms with Crippen molar-refractivity contribution in [3.8, 4) is 0 Å². The lowest BCUT2D eigenvalue weighted by atomic mass is 10.1. The van der Waals surface area contributed by atoms with Crippen molar-refractivity contribution in [1.82, 2.24) is 4.90 Å². The lowest BCUT2D eigenvalue weighted by Gasteiger charge is -2.10. The van der Waals surface area contributed by atoms with Gasteiger partial charge < -0.3 is 0 Å². The lowest BCUT2D eigenvalue weighted by molar-refractivity contribution is -0.119. The van der Waals surface area contributed by atoms with Crippen LogP contribution >= 0.6 is 24.0 Å². The number of rotatable bonds is 0. The molecule has 0 N–H and O–H groups in total. The molecule has 2 aliphatic rings. The standard InChI is InChI=1S/C7H11NO.HI/c9-7-3-5-8-4-1-2-6(7)8;/h6H,1-5H2;1H. The lowest BCUT2D eigenvalue weighted by Crippen LogP contribution is -2.25. The molecule has 2 heterocycles. The molecular weight excluding hydrogens is 241 g/mol. The van der Waals surface area contributed by atoms with Crippen LogP contribution in [0.5, 0.6) is 0 Å². The number of carbonyl (C=O) groups is 1. The van der Waals surface area contributed by atoms with Crippen LogP contribution in [0.1, 0.15) is 19.3 Å². The Morgan fingerprint density at radius 2 is 2.20 bits per heavy atom. The molecule has 0 aliphatic carbocycles. The molecule has 2 aliphatic heterocycles. The molecule has 10 heavy (non-hydrogen) atoms. The number of hydrogen-bond acceptors (Lipinski definition) is 2. The molecule has 0 bridgehead atoms. The van der Waals surface area contributed by atoms with E-state index in [2.05, 4.69) is 4.90 Å². The van der Waals surface area contributed by atoms with Gasteiger partial charge in [-0.25, -0.2) is 0 Å². The van der Waals surface area contributed by atoms with Crippen molar-refractivity contribution in [3.05, 3.63) is 0 Å². The van der Waals surface area contributed by atoms with Gasteiger partial charge in [0.2, 0.25) is 0 Å². The highest BCUT2D eigenvalue weighted by Gasteiger charge is 2.35. The van der Waals surface area contributed by atoms with Crippen molar-refractivity contribution in [2.45, 2.75) is 25.3 Å². The summed E-state index contributed by atoms with van der Waals surface area (Å²) in [5.74, 6) is 0.479. The van der Waals surface area contributed by atoms with Crippen molar-refractivity contribution < 1.29 is 4.79 Å². The number of hydrogen-bond donors (Lipinski definition) is 0. The zero-order valence-corrected chi connectivity index (χ0v) is 8.21. The first kappa shape index (κ1) is 8.46. The Morgan fingerprint density at radius 1 is 1.40 bits per heavy atom.